The van der Waals surface area contributed by atoms with Crippen molar-refractivity contribution in [1.29, 1.82) is 0 Å². The molecule has 3 fully saturated rings. The summed E-state index contributed by atoms with van der Waals surface area (Å²) >= 11 is 0. The van der Waals surface area contributed by atoms with Crippen molar-refractivity contribution in [2.45, 2.75) is 93.5 Å². The molecule has 2 saturated heterocycles. The number of aliphatic hydroxyl groups excluding tert-OH is 7. The zero-order valence-electron chi connectivity index (χ0n) is 16.8. The lowest BCUT2D eigenvalue weighted by molar-refractivity contribution is -0.358. The Morgan fingerprint density at radius 3 is 2.00 bits per heavy atom. The molecule has 1 aliphatic carbocycles. The maximum Gasteiger partial charge on any atom is 0.187 e. The normalized spacial score (nSPS) is 46.1. The summed E-state index contributed by atoms with van der Waals surface area (Å²) in [4.78, 5) is 0. The molecule has 0 aromatic carbocycles. The molecule has 3 aliphatic rings. The van der Waals surface area contributed by atoms with Gasteiger partial charge in [-0.1, -0.05) is 19.3 Å². The van der Waals surface area contributed by atoms with Crippen LogP contribution in [0.4, 0.5) is 0 Å². The first-order valence-electron chi connectivity index (χ1n) is 10.6. The molecule has 3 rings (SSSR count). The van der Waals surface area contributed by atoms with Crippen LogP contribution in [-0.2, 0) is 18.9 Å². The van der Waals surface area contributed by atoms with E-state index in [0.717, 1.165) is 25.7 Å². The van der Waals surface area contributed by atoms with Gasteiger partial charge in [0.15, 0.2) is 12.6 Å². The van der Waals surface area contributed by atoms with Crippen LogP contribution in [0.25, 0.3) is 0 Å². The molecule has 2 heterocycles. The summed E-state index contributed by atoms with van der Waals surface area (Å²) in [6.45, 7) is -0.909. The summed E-state index contributed by atoms with van der Waals surface area (Å²) in [5, 5.41) is 69.9. The van der Waals surface area contributed by atoms with E-state index in [2.05, 4.69) is 0 Å². The van der Waals surface area contributed by atoms with Crippen LogP contribution in [0.1, 0.15) is 32.1 Å². The Bertz CT molecular complexity index is 515. The van der Waals surface area contributed by atoms with Gasteiger partial charge in [0.05, 0.1) is 19.8 Å². The van der Waals surface area contributed by atoms with Crippen molar-refractivity contribution in [1.82, 2.24) is 0 Å². The van der Waals surface area contributed by atoms with Crippen molar-refractivity contribution in [3.05, 3.63) is 0 Å². The van der Waals surface area contributed by atoms with Gasteiger partial charge >= 0.3 is 0 Å². The minimum absolute atomic E-state index is 0.318. The zero-order chi connectivity index (χ0) is 21.8. The topological polar surface area (TPSA) is 179 Å². The van der Waals surface area contributed by atoms with E-state index in [4.69, 9.17) is 18.9 Å². The Kier molecular flexibility index (Phi) is 8.82. The van der Waals surface area contributed by atoms with Crippen molar-refractivity contribution in [2.75, 3.05) is 19.8 Å². The van der Waals surface area contributed by atoms with Gasteiger partial charge in [0.1, 0.15) is 48.8 Å². The number of aliphatic hydroxyl groups is 7. The quantitative estimate of drug-likeness (QED) is 0.218. The Hall–Kier alpha value is -0.440. The van der Waals surface area contributed by atoms with Crippen LogP contribution >= 0.6 is 0 Å². The molecule has 11 nitrogen and oxygen atoms in total. The van der Waals surface area contributed by atoms with Crippen LogP contribution < -0.4 is 0 Å². The van der Waals surface area contributed by atoms with Gasteiger partial charge in [-0.25, -0.2) is 0 Å². The van der Waals surface area contributed by atoms with Gasteiger partial charge in [0, 0.05) is 0 Å². The molecule has 0 radical (unpaired) electrons. The molecule has 0 aromatic heterocycles. The van der Waals surface area contributed by atoms with Crippen LogP contribution in [0.2, 0.25) is 0 Å². The van der Waals surface area contributed by atoms with E-state index in [9.17, 15) is 35.7 Å². The smallest absolute Gasteiger partial charge is 0.187 e. The van der Waals surface area contributed by atoms with Gasteiger partial charge in [-0.2, -0.15) is 0 Å². The first-order valence-corrected chi connectivity index (χ1v) is 10.6. The molecule has 1 saturated carbocycles. The molecule has 0 spiro atoms. The second-order valence-corrected chi connectivity index (χ2v) is 8.34. The lowest BCUT2D eigenvalue weighted by atomic mass is 9.90. The highest BCUT2D eigenvalue weighted by atomic mass is 16.7. The molecule has 10 atom stereocenters. The minimum atomic E-state index is -1.68. The Labute approximate surface area is 174 Å². The average molecular weight is 438 g/mol. The SMILES string of the molecule is OC[C@H]1O[C@H](O[C@H]2[C@H](O)[C@@H](OCC3CCCCC3)[C@H](O)O[C@@H]2CO)[C@H](O)[C@@H](O)[C@@H]1O. The molecule has 0 amide bonds. The summed E-state index contributed by atoms with van der Waals surface area (Å²) in [7, 11) is 0. The predicted octanol–water partition coefficient (Wildman–Crippen LogP) is -2.79. The Morgan fingerprint density at radius 2 is 1.37 bits per heavy atom. The molecule has 30 heavy (non-hydrogen) atoms. The standard InChI is InChI=1S/C19H34O11/c20-6-10-12(22)13(23)14(24)19(29-10)30-16-11(7-21)28-18(26)17(15(16)25)27-8-9-4-2-1-3-5-9/h9-26H,1-8H2/t10-,11-,12-,13+,14-,15+,16-,17-,18-,19-/m1/s1. The Balaban J connectivity index is 1.66. The predicted molar refractivity (Wildman–Crippen MR) is 98.9 cm³/mol. The van der Waals surface area contributed by atoms with Gasteiger partial charge in [0.2, 0.25) is 0 Å². The summed E-state index contributed by atoms with van der Waals surface area (Å²) in [6, 6.07) is 0. The van der Waals surface area contributed by atoms with Crippen LogP contribution in [0.15, 0.2) is 0 Å². The molecule has 0 bridgehead atoms. The van der Waals surface area contributed by atoms with E-state index in [-0.39, 0.29) is 0 Å². The highest BCUT2D eigenvalue weighted by Gasteiger charge is 2.50. The maximum absolute atomic E-state index is 10.8. The van der Waals surface area contributed by atoms with E-state index in [1.54, 1.807) is 0 Å². The van der Waals surface area contributed by atoms with Crippen LogP contribution in [0.5, 0.6) is 0 Å². The molecular weight excluding hydrogens is 404 g/mol. The van der Waals surface area contributed by atoms with Crippen molar-refractivity contribution in [3.63, 3.8) is 0 Å². The molecule has 7 N–H and O–H groups in total. The lowest BCUT2D eigenvalue weighted by Gasteiger charge is -2.46. The van der Waals surface area contributed by atoms with E-state index in [0.29, 0.717) is 12.5 Å². The molecular formula is C19H34O11. The van der Waals surface area contributed by atoms with Crippen LogP contribution in [0.3, 0.4) is 0 Å². The van der Waals surface area contributed by atoms with Crippen molar-refractivity contribution in [3.8, 4) is 0 Å². The first kappa shape index (κ1) is 24.2. The number of hydrogen-bond acceptors (Lipinski definition) is 11. The summed E-state index contributed by atoms with van der Waals surface area (Å²) in [5.74, 6) is 0.318. The maximum atomic E-state index is 10.8. The van der Waals surface area contributed by atoms with Gasteiger partial charge in [-0.3, -0.25) is 0 Å². The molecule has 176 valence electrons. The third kappa shape index (κ3) is 5.30. The lowest BCUT2D eigenvalue weighted by Crippen LogP contribution is -2.64. The fourth-order valence-corrected chi connectivity index (χ4v) is 4.34. The van der Waals surface area contributed by atoms with E-state index in [1.165, 1.54) is 6.42 Å². The second-order valence-electron chi connectivity index (χ2n) is 8.34. The van der Waals surface area contributed by atoms with Crippen molar-refractivity contribution < 1.29 is 54.7 Å². The number of rotatable bonds is 7. The summed E-state index contributed by atoms with van der Waals surface area (Å²) in [5.41, 5.74) is 0. The third-order valence-corrected chi connectivity index (χ3v) is 6.20. The summed E-state index contributed by atoms with van der Waals surface area (Å²) in [6.07, 6.45) is -8.68. The Morgan fingerprint density at radius 1 is 0.700 bits per heavy atom. The number of ether oxygens (including phenoxy) is 4. The van der Waals surface area contributed by atoms with E-state index in [1.807, 2.05) is 0 Å². The van der Waals surface area contributed by atoms with Crippen LogP contribution in [-0.4, -0.2) is 117 Å². The first-order chi connectivity index (χ1) is 14.4. The van der Waals surface area contributed by atoms with Gasteiger partial charge in [-0.15, -0.1) is 0 Å². The monoisotopic (exact) mass is 438 g/mol. The minimum Gasteiger partial charge on any atom is -0.394 e. The fraction of sp³-hybridized carbons (Fsp3) is 1.00. The van der Waals surface area contributed by atoms with Crippen LogP contribution in [0, 0.1) is 5.92 Å². The van der Waals surface area contributed by atoms with Gasteiger partial charge < -0.3 is 54.7 Å². The third-order valence-electron chi connectivity index (χ3n) is 6.20. The van der Waals surface area contributed by atoms with E-state index < -0.39 is 74.6 Å². The number of hydrogen-bond donors (Lipinski definition) is 7. The molecule has 11 heteroatoms. The van der Waals surface area contributed by atoms with Gasteiger partial charge in [0.25, 0.3) is 0 Å². The highest BCUT2D eigenvalue weighted by molar-refractivity contribution is 4.94. The van der Waals surface area contributed by atoms with E-state index >= 15 is 0 Å². The van der Waals surface area contributed by atoms with Gasteiger partial charge in [-0.05, 0) is 18.8 Å². The second kappa shape index (κ2) is 10.9. The highest BCUT2D eigenvalue weighted by Crippen LogP contribution is 2.31. The largest absolute Gasteiger partial charge is 0.394 e. The molecule has 0 unspecified atom stereocenters. The van der Waals surface area contributed by atoms with Crippen molar-refractivity contribution >= 4 is 0 Å². The van der Waals surface area contributed by atoms with Crippen molar-refractivity contribution in [2.24, 2.45) is 5.92 Å². The summed E-state index contributed by atoms with van der Waals surface area (Å²) < 4.78 is 22.0. The zero-order valence-corrected chi connectivity index (χ0v) is 16.8. The average Bonchev–Trinajstić information content (AvgIpc) is 2.76. The molecule has 2 aliphatic heterocycles. The molecule has 0 aromatic rings. The fourth-order valence-electron chi connectivity index (χ4n) is 4.34.